The minimum absolute atomic E-state index is 0.315. The summed E-state index contributed by atoms with van der Waals surface area (Å²) in [7, 11) is 2.13. The van der Waals surface area contributed by atoms with Gasteiger partial charge in [-0.25, -0.2) is 0 Å². The van der Waals surface area contributed by atoms with E-state index in [-0.39, 0.29) is 0 Å². The third-order valence-electron chi connectivity index (χ3n) is 3.75. The molecule has 0 fully saturated rings. The molecule has 19 heavy (non-hydrogen) atoms. The number of anilines is 1. The number of aromatic amines is 1. The topological polar surface area (TPSA) is 19.0 Å². The van der Waals surface area contributed by atoms with Gasteiger partial charge in [0.25, 0.3) is 0 Å². The van der Waals surface area contributed by atoms with Crippen molar-refractivity contribution in [3.63, 3.8) is 0 Å². The van der Waals surface area contributed by atoms with E-state index in [0.717, 1.165) is 0 Å². The zero-order valence-corrected chi connectivity index (χ0v) is 11.3. The molecule has 0 saturated heterocycles. The lowest BCUT2D eigenvalue weighted by Crippen LogP contribution is -2.21. The summed E-state index contributed by atoms with van der Waals surface area (Å²) in [6.45, 7) is 2.22. The van der Waals surface area contributed by atoms with Crippen LogP contribution < -0.4 is 4.90 Å². The molecule has 2 aromatic carbocycles. The van der Waals surface area contributed by atoms with Crippen LogP contribution in [0.5, 0.6) is 0 Å². The molecule has 0 spiro atoms. The first-order chi connectivity index (χ1) is 9.25. The van der Waals surface area contributed by atoms with Gasteiger partial charge in [0.1, 0.15) is 0 Å². The fraction of sp³-hybridized carbons (Fsp3) is 0.176. The number of hydrogen-bond donors (Lipinski definition) is 1. The lowest BCUT2D eigenvalue weighted by Gasteiger charge is -2.26. The van der Waals surface area contributed by atoms with E-state index in [4.69, 9.17) is 0 Å². The molecule has 3 rings (SSSR count). The maximum absolute atomic E-state index is 3.50. The second-order valence-electron chi connectivity index (χ2n) is 4.93. The van der Waals surface area contributed by atoms with Gasteiger partial charge in [-0.1, -0.05) is 36.4 Å². The lowest BCUT2D eigenvalue weighted by molar-refractivity contribution is 0.722. The van der Waals surface area contributed by atoms with E-state index < -0.39 is 0 Å². The molecule has 0 saturated carbocycles. The number of nitrogens with zero attached hydrogens (tertiary/aromatic N) is 1. The second-order valence-corrected chi connectivity index (χ2v) is 4.93. The Kier molecular flexibility index (Phi) is 3.00. The van der Waals surface area contributed by atoms with Crippen LogP contribution in [0, 0.1) is 0 Å². The average Bonchev–Trinajstić information content (AvgIpc) is 2.90. The molecule has 2 heteroatoms. The van der Waals surface area contributed by atoms with Crippen LogP contribution in [0.1, 0.15) is 18.7 Å². The van der Waals surface area contributed by atoms with E-state index in [1.807, 2.05) is 6.07 Å². The van der Waals surface area contributed by atoms with Crippen LogP contribution in [0.4, 0.5) is 5.69 Å². The highest BCUT2D eigenvalue weighted by atomic mass is 15.1. The molecule has 0 aliphatic heterocycles. The number of fused-ring (bicyclic) bond motifs is 1. The smallest absolute Gasteiger partial charge is 0.0660 e. The quantitative estimate of drug-likeness (QED) is 0.731. The largest absolute Gasteiger partial charge is 0.366 e. The molecule has 2 nitrogen and oxygen atoms in total. The Morgan fingerprint density at radius 3 is 2.37 bits per heavy atom. The fourth-order valence-corrected chi connectivity index (χ4v) is 2.42. The van der Waals surface area contributed by atoms with Crippen molar-refractivity contribution in [1.29, 1.82) is 0 Å². The van der Waals surface area contributed by atoms with Crippen LogP contribution in [0.15, 0.2) is 60.7 Å². The van der Waals surface area contributed by atoms with E-state index in [1.54, 1.807) is 0 Å². The summed E-state index contributed by atoms with van der Waals surface area (Å²) < 4.78 is 0. The number of hydrogen-bond acceptors (Lipinski definition) is 1. The molecule has 3 aromatic rings. The van der Waals surface area contributed by atoms with Gasteiger partial charge < -0.3 is 9.88 Å². The maximum atomic E-state index is 3.50. The molecular weight excluding hydrogens is 232 g/mol. The molecule has 0 unspecified atom stereocenters. The first-order valence-corrected chi connectivity index (χ1v) is 6.61. The number of nitrogens with one attached hydrogen (secondary N) is 1. The van der Waals surface area contributed by atoms with Crippen LogP contribution in [-0.2, 0) is 0 Å². The number of para-hydroxylation sites is 2. The number of rotatable bonds is 3. The van der Waals surface area contributed by atoms with Crippen molar-refractivity contribution in [2.45, 2.75) is 13.0 Å². The highest BCUT2D eigenvalue weighted by molar-refractivity contribution is 5.80. The highest BCUT2D eigenvalue weighted by Gasteiger charge is 2.14. The number of aromatic nitrogens is 1. The summed E-state index contributed by atoms with van der Waals surface area (Å²) in [5.41, 5.74) is 3.67. The van der Waals surface area contributed by atoms with E-state index in [1.165, 1.54) is 22.3 Å². The predicted molar refractivity (Wildman–Crippen MR) is 81.6 cm³/mol. The Morgan fingerprint density at radius 1 is 0.947 bits per heavy atom. The van der Waals surface area contributed by atoms with Crippen LogP contribution >= 0.6 is 0 Å². The van der Waals surface area contributed by atoms with Crippen molar-refractivity contribution < 1.29 is 0 Å². The van der Waals surface area contributed by atoms with Crippen LogP contribution in [0.25, 0.3) is 10.9 Å². The van der Waals surface area contributed by atoms with Crippen molar-refractivity contribution in [2.75, 3.05) is 11.9 Å². The summed E-state index contributed by atoms with van der Waals surface area (Å²) in [6.07, 6.45) is 0. The van der Waals surface area contributed by atoms with Gasteiger partial charge in [-0.05, 0) is 36.6 Å². The van der Waals surface area contributed by atoms with Crippen molar-refractivity contribution in [3.8, 4) is 0 Å². The Balaban J connectivity index is 1.93. The summed E-state index contributed by atoms with van der Waals surface area (Å²) in [4.78, 5) is 5.79. The van der Waals surface area contributed by atoms with Crippen LogP contribution in [0.3, 0.4) is 0 Å². The molecule has 1 N–H and O–H groups in total. The molecule has 1 heterocycles. The first kappa shape index (κ1) is 11.8. The first-order valence-electron chi connectivity index (χ1n) is 6.61. The summed E-state index contributed by atoms with van der Waals surface area (Å²) in [5, 5.41) is 1.27. The molecule has 1 atom stereocenters. The van der Waals surface area contributed by atoms with Crippen LogP contribution in [-0.4, -0.2) is 12.0 Å². The molecule has 96 valence electrons. The van der Waals surface area contributed by atoms with E-state index in [0.29, 0.717) is 6.04 Å². The Labute approximate surface area is 113 Å². The monoisotopic (exact) mass is 250 g/mol. The number of H-pyrrole nitrogens is 1. The van der Waals surface area contributed by atoms with E-state index >= 15 is 0 Å². The van der Waals surface area contributed by atoms with Gasteiger partial charge in [-0.2, -0.15) is 0 Å². The van der Waals surface area contributed by atoms with Crippen LogP contribution in [0.2, 0.25) is 0 Å². The molecule has 1 aromatic heterocycles. The second kappa shape index (κ2) is 4.81. The zero-order chi connectivity index (χ0) is 13.2. The van der Waals surface area contributed by atoms with Crippen molar-refractivity contribution in [1.82, 2.24) is 4.98 Å². The summed E-state index contributed by atoms with van der Waals surface area (Å²) in [6, 6.07) is 21.4. The highest BCUT2D eigenvalue weighted by Crippen LogP contribution is 2.26. The third kappa shape index (κ3) is 2.22. The fourth-order valence-electron chi connectivity index (χ4n) is 2.42. The standard InChI is InChI=1S/C17H18N2/c1-13(19(2)15-9-4-3-5-10-15)17-12-14-8-6-7-11-16(14)18-17/h3-13,18H,1-2H3/t13-/m1/s1. The predicted octanol–water partition coefficient (Wildman–Crippen LogP) is 4.37. The van der Waals surface area contributed by atoms with Gasteiger partial charge in [-0.15, -0.1) is 0 Å². The average molecular weight is 250 g/mol. The van der Waals surface area contributed by atoms with Gasteiger partial charge in [0, 0.05) is 23.9 Å². The molecule has 0 amide bonds. The van der Waals surface area contributed by atoms with Gasteiger partial charge in [0.05, 0.1) is 6.04 Å². The van der Waals surface area contributed by atoms with Gasteiger partial charge in [0.15, 0.2) is 0 Å². The van der Waals surface area contributed by atoms with Gasteiger partial charge in [0.2, 0.25) is 0 Å². The number of benzene rings is 2. The molecule has 0 aliphatic carbocycles. The molecule has 0 radical (unpaired) electrons. The van der Waals surface area contributed by atoms with E-state index in [9.17, 15) is 0 Å². The molecule has 0 bridgehead atoms. The Bertz CT molecular complexity index is 637. The Hall–Kier alpha value is -2.22. The normalized spacial score (nSPS) is 12.5. The van der Waals surface area contributed by atoms with Gasteiger partial charge >= 0.3 is 0 Å². The molecule has 0 aliphatic rings. The Morgan fingerprint density at radius 2 is 1.63 bits per heavy atom. The zero-order valence-electron chi connectivity index (χ0n) is 11.3. The van der Waals surface area contributed by atoms with Gasteiger partial charge in [-0.3, -0.25) is 0 Å². The maximum Gasteiger partial charge on any atom is 0.0660 e. The van der Waals surface area contributed by atoms with Crippen molar-refractivity contribution in [3.05, 3.63) is 66.4 Å². The lowest BCUT2D eigenvalue weighted by atomic mass is 10.1. The van der Waals surface area contributed by atoms with Crippen molar-refractivity contribution in [2.24, 2.45) is 0 Å². The minimum atomic E-state index is 0.315. The summed E-state index contributed by atoms with van der Waals surface area (Å²) in [5.74, 6) is 0. The molecular formula is C17H18N2. The van der Waals surface area contributed by atoms with E-state index in [2.05, 4.69) is 78.5 Å². The third-order valence-corrected chi connectivity index (χ3v) is 3.75. The minimum Gasteiger partial charge on any atom is -0.366 e. The SMILES string of the molecule is C[C@H](c1cc2ccccc2[nH]1)N(C)c1ccccc1. The summed E-state index contributed by atoms with van der Waals surface area (Å²) >= 11 is 0. The van der Waals surface area contributed by atoms with Crippen molar-refractivity contribution >= 4 is 16.6 Å².